The maximum absolute atomic E-state index is 12.5. The van der Waals surface area contributed by atoms with E-state index in [0.717, 1.165) is 17.4 Å². The minimum absolute atomic E-state index is 0.0454. The number of hydrogen-bond donors (Lipinski definition) is 2. The Morgan fingerprint density at radius 1 is 1.31 bits per heavy atom. The van der Waals surface area contributed by atoms with Crippen molar-refractivity contribution in [3.05, 3.63) is 35.2 Å². The smallest absolute Gasteiger partial charge is 0.273 e. The first kappa shape index (κ1) is 18.4. The Balaban J connectivity index is 1.41. The molecule has 2 N–H and O–H groups in total. The zero-order valence-corrected chi connectivity index (χ0v) is 15.6. The molecule has 0 spiro atoms. The molecule has 2 amide bonds. The third kappa shape index (κ3) is 4.83. The van der Waals surface area contributed by atoms with Crippen molar-refractivity contribution in [2.75, 3.05) is 44.6 Å². The number of hydrogen-bond acceptors (Lipinski definition) is 7. The van der Waals surface area contributed by atoms with Crippen LogP contribution in [-0.2, 0) is 11.3 Å². The van der Waals surface area contributed by atoms with E-state index in [4.69, 9.17) is 4.42 Å². The Morgan fingerprint density at radius 3 is 2.81 bits per heavy atom. The molecule has 1 aliphatic heterocycles. The van der Waals surface area contributed by atoms with Crippen LogP contribution in [0.5, 0.6) is 0 Å². The van der Waals surface area contributed by atoms with Gasteiger partial charge in [-0.25, -0.2) is 4.98 Å². The molecule has 8 nitrogen and oxygen atoms in total. The number of nitrogens with one attached hydrogen (secondary N) is 2. The largest absolute Gasteiger partial charge is 0.467 e. The number of anilines is 1. The van der Waals surface area contributed by atoms with Gasteiger partial charge in [0.25, 0.3) is 5.91 Å². The van der Waals surface area contributed by atoms with Crippen LogP contribution in [0, 0.1) is 0 Å². The molecule has 9 heteroatoms. The SMILES string of the molecule is CCNc1nc(C(=O)N2CCN(CC(=O)NCc3ccco3)CC2)cs1. The number of piperazine rings is 1. The van der Waals surface area contributed by atoms with Crippen LogP contribution in [0.1, 0.15) is 23.2 Å². The highest BCUT2D eigenvalue weighted by molar-refractivity contribution is 7.13. The van der Waals surface area contributed by atoms with Crippen LogP contribution in [0.3, 0.4) is 0 Å². The number of carbonyl (C=O) groups is 2. The molecule has 0 unspecified atom stereocenters. The van der Waals surface area contributed by atoms with Crippen LogP contribution in [-0.4, -0.2) is 65.9 Å². The van der Waals surface area contributed by atoms with Gasteiger partial charge in [-0.3, -0.25) is 14.5 Å². The van der Waals surface area contributed by atoms with Crippen LogP contribution < -0.4 is 10.6 Å². The van der Waals surface area contributed by atoms with Gasteiger partial charge in [-0.2, -0.15) is 0 Å². The van der Waals surface area contributed by atoms with Crippen molar-refractivity contribution in [3.8, 4) is 0 Å². The lowest BCUT2D eigenvalue weighted by Crippen LogP contribution is -2.51. The van der Waals surface area contributed by atoms with Crippen LogP contribution in [0.15, 0.2) is 28.2 Å². The van der Waals surface area contributed by atoms with Gasteiger partial charge >= 0.3 is 0 Å². The van der Waals surface area contributed by atoms with E-state index in [1.165, 1.54) is 11.3 Å². The molecule has 2 aromatic rings. The predicted molar refractivity (Wildman–Crippen MR) is 99.2 cm³/mol. The average molecular weight is 377 g/mol. The van der Waals surface area contributed by atoms with Crippen LogP contribution in [0.4, 0.5) is 5.13 Å². The van der Waals surface area contributed by atoms with Gasteiger partial charge in [0.15, 0.2) is 5.13 Å². The van der Waals surface area contributed by atoms with E-state index in [2.05, 4.69) is 15.6 Å². The molecule has 1 aliphatic rings. The second-order valence-electron chi connectivity index (χ2n) is 5.99. The van der Waals surface area contributed by atoms with Gasteiger partial charge in [-0.1, -0.05) is 0 Å². The molecule has 26 heavy (non-hydrogen) atoms. The summed E-state index contributed by atoms with van der Waals surface area (Å²) in [6.45, 7) is 6.02. The van der Waals surface area contributed by atoms with Crippen molar-refractivity contribution in [1.82, 2.24) is 20.1 Å². The summed E-state index contributed by atoms with van der Waals surface area (Å²) in [5.41, 5.74) is 0.482. The van der Waals surface area contributed by atoms with Crippen molar-refractivity contribution in [1.29, 1.82) is 0 Å². The maximum atomic E-state index is 12.5. The van der Waals surface area contributed by atoms with E-state index in [1.807, 2.05) is 17.9 Å². The third-order valence-corrected chi connectivity index (χ3v) is 4.92. The zero-order chi connectivity index (χ0) is 18.4. The summed E-state index contributed by atoms with van der Waals surface area (Å²) in [7, 11) is 0. The van der Waals surface area contributed by atoms with Gasteiger partial charge in [0, 0.05) is 38.1 Å². The quantitative estimate of drug-likeness (QED) is 0.755. The lowest BCUT2D eigenvalue weighted by atomic mass is 10.3. The number of rotatable bonds is 7. The first-order chi connectivity index (χ1) is 12.7. The first-order valence-corrected chi connectivity index (χ1v) is 9.53. The van der Waals surface area contributed by atoms with Crippen molar-refractivity contribution >= 4 is 28.3 Å². The molecule has 0 bridgehead atoms. The second kappa shape index (κ2) is 8.81. The number of carbonyl (C=O) groups excluding carboxylic acids is 2. The maximum Gasteiger partial charge on any atom is 0.273 e. The summed E-state index contributed by atoms with van der Waals surface area (Å²) in [5, 5.41) is 8.50. The summed E-state index contributed by atoms with van der Waals surface area (Å²) in [6.07, 6.45) is 1.58. The lowest BCUT2D eigenvalue weighted by molar-refractivity contribution is -0.122. The van der Waals surface area contributed by atoms with Crippen LogP contribution in [0.25, 0.3) is 0 Å². The van der Waals surface area contributed by atoms with Crippen molar-refractivity contribution in [2.45, 2.75) is 13.5 Å². The van der Waals surface area contributed by atoms with E-state index in [0.29, 0.717) is 45.0 Å². The number of aromatic nitrogens is 1. The average Bonchev–Trinajstić information content (AvgIpc) is 3.32. The van der Waals surface area contributed by atoms with Crippen molar-refractivity contribution in [3.63, 3.8) is 0 Å². The predicted octanol–water partition coefficient (Wildman–Crippen LogP) is 1.24. The fourth-order valence-electron chi connectivity index (χ4n) is 2.73. The lowest BCUT2D eigenvalue weighted by Gasteiger charge is -2.33. The summed E-state index contributed by atoms with van der Waals surface area (Å²) in [4.78, 5) is 32.7. The highest BCUT2D eigenvalue weighted by atomic mass is 32.1. The molecule has 0 atom stereocenters. The third-order valence-electron chi connectivity index (χ3n) is 4.12. The molecule has 1 fully saturated rings. The molecular formula is C17H23N5O3S. The Morgan fingerprint density at radius 2 is 2.12 bits per heavy atom. The van der Waals surface area contributed by atoms with Crippen LogP contribution in [0.2, 0.25) is 0 Å². The molecule has 0 radical (unpaired) electrons. The van der Waals surface area contributed by atoms with Gasteiger partial charge in [-0.05, 0) is 19.1 Å². The number of amides is 2. The molecule has 2 aromatic heterocycles. The summed E-state index contributed by atoms with van der Waals surface area (Å²) < 4.78 is 5.19. The molecule has 3 rings (SSSR count). The standard InChI is InChI=1S/C17H23N5O3S/c1-2-18-17-20-14(12-26-17)16(24)22-7-5-21(6-8-22)11-15(23)19-10-13-4-3-9-25-13/h3-4,9,12H,2,5-8,10-11H2,1H3,(H,18,20)(H,19,23). The minimum Gasteiger partial charge on any atom is -0.467 e. The summed E-state index contributed by atoms with van der Waals surface area (Å²) >= 11 is 1.44. The molecule has 3 heterocycles. The number of thiazole rings is 1. The zero-order valence-electron chi connectivity index (χ0n) is 14.7. The van der Waals surface area contributed by atoms with Gasteiger partial charge < -0.3 is 20.0 Å². The van der Waals surface area contributed by atoms with E-state index in [-0.39, 0.29) is 11.8 Å². The second-order valence-corrected chi connectivity index (χ2v) is 6.85. The van der Waals surface area contributed by atoms with Gasteiger partial charge in [0.05, 0.1) is 19.4 Å². The Kier molecular flexibility index (Phi) is 6.24. The fourth-order valence-corrected chi connectivity index (χ4v) is 3.49. The monoisotopic (exact) mass is 377 g/mol. The molecule has 0 aliphatic carbocycles. The molecular weight excluding hydrogens is 354 g/mol. The normalized spacial score (nSPS) is 15.0. The van der Waals surface area contributed by atoms with Crippen molar-refractivity contribution < 1.29 is 14.0 Å². The highest BCUT2D eigenvalue weighted by Gasteiger charge is 2.24. The Bertz CT molecular complexity index is 723. The number of furan rings is 1. The highest BCUT2D eigenvalue weighted by Crippen LogP contribution is 2.17. The Hall–Kier alpha value is -2.39. The molecule has 1 saturated heterocycles. The van der Waals surface area contributed by atoms with E-state index in [9.17, 15) is 9.59 Å². The van der Waals surface area contributed by atoms with Gasteiger partial charge in [0.2, 0.25) is 5.91 Å². The first-order valence-electron chi connectivity index (χ1n) is 8.66. The minimum atomic E-state index is -0.0488. The van der Waals surface area contributed by atoms with Gasteiger partial charge in [-0.15, -0.1) is 11.3 Å². The summed E-state index contributed by atoms with van der Waals surface area (Å²) in [5.74, 6) is 0.636. The van der Waals surface area contributed by atoms with Crippen LogP contribution >= 0.6 is 11.3 Å². The molecule has 0 saturated carbocycles. The Labute approximate surface area is 156 Å². The summed E-state index contributed by atoms with van der Waals surface area (Å²) in [6, 6.07) is 3.62. The van der Waals surface area contributed by atoms with E-state index >= 15 is 0 Å². The topological polar surface area (TPSA) is 90.7 Å². The molecule has 140 valence electrons. The fraction of sp³-hybridized carbons (Fsp3) is 0.471. The number of nitrogens with zero attached hydrogens (tertiary/aromatic N) is 3. The van der Waals surface area contributed by atoms with E-state index in [1.54, 1.807) is 22.6 Å². The van der Waals surface area contributed by atoms with E-state index < -0.39 is 0 Å². The molecule has 0 aromatic carbocycles. The van der Waals surface area contributed by atoms with Gasteiger partial charge in [0.1, 0.15) is 11.5 Å². The van der Waals surface area contributed by atoms with Crippen molar-refractivity contribution in [2.24, 2.45) is 0 Å².